The fourth-order valence-corrected chi connectivity index (χ4v) is 6.83. The number of benzene rings is 3. The summed E-state index contributed by atoms with van der Waals surface area (Å²) in [6, 6.07) is 20.5. The van der Waals surface area contributed by atoms with Crippen molar-refractivity contribution in [2.24, 2.45) is 0 Å². The van der Waals surface area contributed by atoms with Crippen molar-refractivity contribution in [1.82, 2.24) is 10.2 Å². The lowest BCUT2D eigenvalue weighted by molar-refractivity contribution is -0.139. The number of sulfonamides is 1. The highest BCUT2D eigenvalue weighted by Gasteiger charge is 2.33. The fraction of sp³-hybridized carbons (Fsp3) is 0.375. The molecule has 2 amide bonds. The van der Waals surface area contributed by atoms with E-state index < -0.39 is 28.5 Å². The number of nitrogens with one attached hydrogen (secondary N) is 1. The Morgan fingerprint density at radius 3 is 2.15 bits per heavy atom. The van der Waals surface area contributed by atoms with Gasteiger partial charge in [0.05, 0.1) is 10.6 Å². The van der Waals surface area contributed by atoms with Gasteiger partial charge in [0.15, 0.2) is 0 Å². The van der Waals surface area contributed by atoms with E-state index in [4.69, 9.17) is 0 Å². The molecule has 1 aliphatic carbocycles. The zero-order valence-electron chi connectivity index (χ0n) is 23.8. The van der Waals surface area contributed by atoms with Crippen molar-refractivity contribution in [3.8, 4) is 0 Å². The second-order valence-electron chi connectivity index (χ2n) is 10.8. The third-order valence-corrected chi connectivity index (χ3v) is 9.86. The average molecular weight is 641 g/mol. The Bertz CT molecular complexity index is 1450. The minimum Gasteiger partial charge on any atom is -0.352 e. The van der Waals surface area contributed by atoms with Gasteiger partial charge in [-0.1, -0.05) is 88.8 Å². The third kappa shape index (κ3) is 7.98. The molecule has 1 unspecified atom stereocenters. The molecule has 0 aliphatic heterocycles. The first-order valence-corrected chi connectivity index (χ1v) is 16.3. The second-order valence-corrected chi connectivity index (χ2v) is 13.6. The van der Waals surface area contributed by atoms with Gasteiger partial charge in [-0.15, -0.1) is 0 Å². The quantitative estimate of drug-likeness (QED) is 0.289. The Hall–Kier alpha value is -3.17. The molecule has 1 fully saturated rings. The van der Waals surface area contributed by atoms with E-state index in [2.05, 4.69) is 21.2 Å². The van der Waals surface area contributed by atoms with Gasteiger partial charge >= 0.3 is 0 Å². The van der Waals surface area contributed by atoms with Gasteiger partial charge < -0.3 is 10.2 Å². The third-order valence-electron chi connectivity index (χ3n) is 7.58. The number of carbonyl (C=O) groups is 2. The van der Waals surface area contributed by atoms with Crippen LogP contribution in [0.3, 0.4) is 0 Å². The molecule has 3 aromatic rings. The van der Waals surface area contributed by atoms with E-state index in [1.54, 1.807) is 55.5 Å². The first-order chi connectivity index (χ1) is 19.5. The van der Waals surface area contributed by atoms with Crippen molar-refractivity contribution >= 4 is 43.5 Å². The summed E-state index contributed by atoms with van der Waals surface area (Å²) in [4.78, 5) is 29.1. The summed E-state index contributed by atoms with van der Waals surface area (Å²) in [5, 5.41) is 3.13. The van der Waals surface area contributed by atoms with Crippen LogP contribution in [0.25, 0.3) is 0 Å². The number of carbonyl (C=O) groups excluding carboxylic acids is 2. The number of rotatable bonds is 10. The molecular weight excluding hydrogens is 602 g/mol. The van der Waals surface area contributed by atoms with E-state index in [1.165, 1.54) is 11.3 Å². The lowest BCUT2D eigenvalue weighted by atomic mass is 9.95. The molecule has 0 aromatic heterocycles. The first kappa shape index (κ1) is 30.8. The summed E-state index contributed by atoms with van der Waals surface area (Å²) in [6.07, 6.45) is 5.17. The number of hydrogen-bond acceptors (Lipinski definition) is 4. The summed E-state index contributed by atoms with van der Waals surface area (Å²) in [5.41, 5.74) is 3.22. The molecule has 0 radical (unpaired) electrons. The van der Waals surface area contributed by atoms with Gasteiger partial charge in [0, 0.05) is 17.1 Å². The summed E-state index contributed by atoms with van der Waals surface area (Å²) >= 11 is 3.43. The highest BCUT2D eigenvalue weighted by Crippen LogP contribution is 2.27. The van der Waals surface area contributed by atoms with E-state index in [1.807, 2.05) is 38.1 Å². The highest BCUT2D eigenvalue weighted by atomic mass is 79.9. The molecule has 9 heteroatoms. The first-order valence-electron chi connectivity index (χ1n) is 14.0. The fourth-order valence-electron chi connectivity index (χ4n) is 5.04. The zero-order chi connectivity index (χ0) is 29.6. The molecular formula is C32H38BrN3O4S. The highest BCUT2D eigenvalue weighted by molar-refractivity contribution is 9.10. The Labute approximate surface area is 252 Å². The molecule has 1 aliphatic rings. The largest absolute Gasteiger partial charge is 0.352 e. The molecule has 0 saturated heterocycles. The molecule has 1 atom stereocenters. The van der Waals surface area contributed by atoms with Crippen LogP contribution in [0.2, 0.25) is 0 Å². The lowest BCUT2D eigenvalue weighted by Crippen LogP contribution is -2.53. The van der Waals surface area contributed by atoms with Crippen LogP contribution in [0, 0.1) is 13.8 Å². The zero-order valence-corrected chi connectivity index (χ0v) is 26.2. The molecule has 1 saturated carbocycles. The monoisotopic (exact) mass is 639 g/mol. The van der Waals surface area contributed by atoms with Crippen molar-refractivity contribution in [1.29, 1.82) is 0 Å². The molecule has 7 nitrogen and oxygen atoms in total. The van der Waals surface area contributed by atoms with Crippen LogP contribution in [0.15, 0.2) is 82.2 Å². The number of nitrogens with zero attached hydrogens (tertiary/aromatic N) is 2. The Balaban J connectivity index is 1.67. The van der Waals surface area contributed by atoms with Gasteiger partial charge in [-0.25, -0.2) is 8.42 Å². The molecule has 218 valence electrons. The lowest BCUT2D eigenvalue weighted by Gasteiger charge is -2.33. The molecule has 0 bridgehead atoms. The maximum absolute atomic E-state index is 14.1. The smallest absolute Gasteiger partial charge is 0.264 e. The molecule has 4 rings (SSSR count). The molecule has 1 N–H and O–H groups in total. The van der Waals surface area contributed by atoms with Crippen LogP contribution in [-0.2, 0) is 26.2 Å². The van der Waals surface area contributed by atoms with E-state index in [9.17, 15) is 18.0 Å². The minimum atomic E-state index is -4.10. The Morgan fingerprint density at radius 2 is 1.54 bits per heavy atom. The Morgan fingerprint density at radius 1 is 0.927 bits per heavy atom. The molecule has 0 spiro atoms. The topological polar surface area (TPSA) is 86.8 Å². The van der Waals surface area contributed by atoms with Crippen LogP contribution in [0.4, 0.5) is 5.69 Å². The van der Waals surface area contributed by atoms with Gasteiger partial charge in [-0.3, -0.25) is 13.9 Å². The van der Waals surface area contributed by atoms with Gasteiger partial charge in [-0.2, -0.15) is 0 Å². The van der Waals surface area contributed by atoms with Gasteiger partial charge in [0.2, 0.25) is 11.8 Å². The van der Waals surface area contributed by atoms with Crippen LogP contribution in [0.1, 0.15) is 55.7 Å². The number of aryl methyl sites for hydroxylation is 2. The molecule has 41 heavy (non-hydrogen) atoms. The van der Waals surface area contributed by atoms with Gasteiger partial charge in [0.1, 0.15) is 12.6 Å². The molecule has 0 heterocycles. The number of halogens is 1. The SMILES string of the molecule is Cc1ccc(CN(C(=O)CN(c2cccc(Br)c2)S(=O)(=O)c2ccc(C)cc2)C(C)C(=O)NC2CCCCC2)cc1. The van der Waals surface area contributed by atoms with Crippen LogP contribution >= 0.6 is 15.9 Å². The maximum atomic E-state index is 14.1. The van der Waals surface area contributed by atoms with Crippen molar-refractivity contribution < 1.29 is 18.0 Å². The van der Waals surface area contributed by atoms with Crippen LogP contribution in [0.5, 0.6) is 0 Å². The predicted molar refractivity (Wildman–Crippen MR) is 166 cm³/mol. The minimum absolute atomic E-state index is 0.0871. The van der Waals surface area contributed by atoms with Crippen molar-refractivity contribution in [2.45, 2.75) is 76.4 Å². The van der Waals surface area contributed by atoms with Gasteiger partial charge in [-0.05, 0) is 69.5 Å². The van der Waals surface area contributed by atoms with E-state index in [0.717, 1.165) is 46.7 Å². The standard InChI is InChI=1S/C32H38BrN3O4S/c1-23-12-16-26(17-13-23)21-35(25(3)32(38)34-28-9-5-4-6-10-28)31(37)22-36(29-11-7-8-27(33)20-29)41(39,40)30-18-14-24(2)15-19-30/h7-8,11-20,25,28H,4-6,9-10,21-22H2,1-3H3,(H,34,38). The van der Waals surface area contributed by atoms with E-state index in [0.29, 0.717) is 10.2 Å². The summed E-state index contributed by atoms with van der Waals surface area (Å²) < 4.78 is 29.7. The normalized spacial score (nSPS) is 14.7. The van der Waals surface area contributed by atoms with Crippen molar-refractivity contribution in [2.75, 3.05) is 10.8 Å². The summed E-state index contributed by atoms with van der Waals surface area (Å²) in [7, 11) is -4.10. The van der Waals surface area contributed by atoms with Gasteiger partial charge in [0.25, 0.3) is 10.0 Å². The van der Waals surface area contributed by atoms with Crippen LogP contribution in [-0.4, -0.2) is 43.8 Å². The number of amides is 2. The number of anilines is 1. The average Bonchev–Trinajstić information content (AvgIpc) is 2.95. The second kappa shape index (κ2) is 13.7. The van der Waals surface area contributed by atoms with Crippen LogP contribution < -0.4 is 9.62 Å². The Kier molecular flexibility index (Phi) is 10.3. The summed E-state index contributed by atoms with van der Waals surface area (Å²) in [6.45, 7) is 5.30. The van der Waals surface area contributed by atoms with Crippen molar-refractivity contribution in [3.05, 3.63) is 94.0 Å². The van der Waals surface area contributed by atoms with E-state index in [-0.39, 0.29) is 23.4 Å². The van der Waals surface area contributed by atoms with Crippen molar-refractivity contribution in [3.63, 3.8) is 0 Å². The number of hydrogen-bond donors (Lipinski definition) is 1. The predicted octanol–water partition coefficient (Wildman–Crippen LogP) is 6.13. The molecule has 3 aromatic carbocycles. The maximum Gasteiger partial charge on any atom is 0.264 e. The van der Waals surface area contributed by atoms with E-state index >= 15 is 0 Å². The summed E-state index contributed by atoms with van der Waals surface area (Å²) in [5.74, 6) is -0.694.